The third-order valence-corrected chi connectivity index (χ3v) is 4.47. The van der Waals surface area contributed by atoms with Crippen molar-refractivity contribution in [3.05, 3.63) is 16.6 Å². The first kappa shape index (κ1) is 13.0. The first-order valence-electron chi connectivity index (χ1n) is 6.11. The third kappa shape index (κ3) is 2.54. The Hall–Kier alpha value is -0.450. The van der Waals surface area contributed by atoms with E-state index >= 15 is 0 Å². The minimum Gasteiger partial charge on any atom is -0.369 e. The normalized spacial score (nSPS) is 28.2. The summed E-state index contributed by atoms with van der Waals surface area (Å²) >= 11 is 1.71. The molecule has 2 rings (SSSR count). The van der Waals surface area contributed by atoms with Crippen molar-refractivity contribution in [2.75, 3.05) is 7.05 Å². The Morgan fingerprint density at radius 2 is 2.18 bits per heavy atom. The van der Waals surface area contributed by atoms with Crippen molar-refractivity contribution < 1.29 is 4.74 Å². The molecule has 1 saturated heterocycles. The van der Waals surface area contributed by atoms with E-state index in [1.165, 1.54) is 4.88 Å². The van der Waals surface area contributed by atoms with Crippen molar-refractivity contribution in [3.8, 4) is 0 Å². The molecule has 4 heteroatoms. The fourth-order valence-electron chi connectivity index (χ4n) is 3.05. The summed E-state index contributed by atoms with van der Waals surface area (Å²) in [5, 5.41) is 3.43. The van der Waals surface area contributed by atoms with Gasteiger partial charge in [0.15, 0.2) is 0 Å². The van der Waals surface area contributed by atoms with Crippen molar-refractivity contribution in [3.63, 3.8) is 0 Å². The maximum atomic E-state index is 6.17. The summed E-state index contributed by atoms with van der Waals surface area (Å²) < 4.78 is 6.17. The van der Waals surface area contributed by atoms with Gasteiger partial charge in [-0.25, -0.2) is 0 Å². The second kappa shape index (κ2) is 4.34. The zero-order valence-electron chi connectivity index (χ0n) is 11.3. The molecule has 1 aliphatic rings. The van der Waals surface area contributed by atoms with E-state index in [0.29, 0.717) is 12.0 Å². The highest BCUT2D eigenvalue weighted by Crippen LogP contribution is 2.47. The van der Waals surface area contributed by atoms with Gasteiger partial charge < -0.3 is 10.1 Å². The monoisotopic (exact) mass is 254 g/mol. The van der Waals surface area contributed by atoms with Gasteiger partial charge in [-0.1, -0.05) is 0 Å². The van der Waals surface area contributed by atoms with E-state index in [1.54, 1.807) is 11.3 Å². The predicted octanol–water partition coefficient (Wildman–Crippen LogP) is 3.00. The van der Waals surface area contributed by atoms with Gasteiger partial charge in [0.25, 0.3) is 0 Å². The van der Waals surface area contributed by atoms with Crippen LogP contribution in [-0.4, -0.2) is 23.2 Å². The SMILES string of the molecule is CNC(c1cncs1)C1CC(C)(C)OC1(C)C. The number of hydrogen-bond acceptors (Lipinski definition) is 4. The van der Waals surface area contributed by atoms with Crippen LogP contribution in [0.4, 0.5) is 0 Å². The lowest BCUT2D eigenvalue weighted by Crippen LogP contribution is -2.36. The number of nitrogens with zero attached hydrogens (tertiary/aromatic N) is 1. The number of rotatable bonds is 3. The lowest BCUT2D eigenvalue weighted by molar-refractivity contribution is -0.0775. The molecule has 0 bridgehead atoms. The molecule has 17 heavy (non-hydrogen) atoms. The second-order valence-corrected chi connectivity index (χ2v) is 6.86. The molecule has 1 aromatic heterocycles. The minimum atomic E-state index is -0.0961. The van der Waals surface area contributed by atoms with Gasteiger partial charge in [-0.05, 0) is 41.2 Å². The number of hydrogen-bond donors (Lipinski definition) is 1. The Kier molecular flexibility index (Phi) is 3.31. The highest BCUT2D eigenvalue weighted by atomic mass is 32.1. The summed E-state index contributed by atoms with van der Waals surface area (Å²) in [6.07, 6.45) is 3.04. The Morgan fingerprint density at radius 3 is 2.59 bits per heavy atom. The Morgan fingerprint density at radius 1 is 1.47 bits per heavy atom. The number of aromatic nitrogens is 1. The quantitative estimate of drug-likeness (QED) is 0.900. The molecule has 96 valence electrons. The maximum absolute atomic E-state index is 6.17. The highest BCUT2D eigenvalue weighted by Gasteiger charge is 2.49. The Bertz CT molecular complexity index is 373. The fraction of sp³-hybridized carbons (Fsp3) is 0.769. The summed E-state index contributed by atoms with van der Waals surface area (Å²) in [7, 11) is 2.02. The van der Waals surface area contributed by atoms with Gasteiger partial charge in [0.05, 0.1) is 16.7 Å². The van der Waals surface area contributed by atoms with Crippen LogP contribution in [0.25, 0.3) is 0 Å². The van der Waals surface area contributed by atoms with Crippen LogP contribution >= 0.6 is 11.3 Å². The zero-order chi connectivity index (χ0) is 12.7. The highest BCUT2D eigenvalue weighted by molar-refractivity contribution is 7.09. The van der Waals surface area contributed by atoms with Crippen molar-refractivity contribution in [1.29, 1.82) is 0 Å². The number of nitrogens with one attached hydrogen (secondary N) is 1. The predicted molar refractivity (Wildman–Crippen MR) is 71.3 cm³/mol. The van der Waals surface area contributed by atoms with E-state index in [2.05, 4.69) is 38.0 Å². The largest absolute Gasteiger partial charge is 0.369 e. The summed E-state index contributed by atoms with van der Waals surface area (Å²) in [6, 6.07) is 0.333. The van der Waals surface area contributed by atoms with Gasteiger partial charge >= 0.3 is 0 Å². The van der Waals surface area contributed by atoms with Crippen LogP contribution < -0.4 is 5.32 Å². The first-order valence-corrected chi connectivity index (χ1v) is 6.99. The molecule has 0 saturated carbocycles. The molecule has 1 aliphatic heterocycles. The van der Waals surface area contributed by atoms with Gasteiger partial charge in [0.1, 0.15) is 0 Å². The van der Waals surface area contributed by atoms with Gasteiger partial charge in [0, 0.05) is 23.0 Å². The number of ether oxygens (including phenoxy) is 1. The second-order valence-electron chi connectivity index (χ2n) is 5.95. The average Bonchev–Trinajstić information content (AvgIpc) is 2.74. The van der Waals surface area contributed by atoms with Crippen molar-refractivity contribution in [1.82, 2.24) is 10.3 Å². The molecular formula is C13H22N2OS. The van der Waals surface area contributed by atoms with Crippen LogP contribution in [0.2, 0.25) is 0 Å². The fourth-order valence-corrected chi connectivity index (χ4v) is 3.84. The molecule has 0 spiro atoms. The Balaban J connectivity index is 2.26. The van der Waals surface area contributed by atoms with Gasteiger partial charge in [0.2, 0.25) is 0 Å². The Labute approximate surface area is 108 Å². The third-order valence-electron chi connectivity index (χ3n) is 3.62. The number of thiazole rings is 1. The molecule has 0 aromatic carbocycles. The van der Waals surface area contributed by atoms with Crippen LogP contribution in [0.3, 0.4) is 0 Å². The molecule has 2 heterocycles. The van der Waals surface area contributed by atoms with Gasteiger partial charge in [-0.15, -0.1) is 11.3 Å². The summed E-state index contributed by atoms with van der Waals surface area (Å²) in [5.74, 6) is 0.475. The van der Waals surface area contributed by atoms with Crippen molar-refractivity contribution >= 4 is 11.3 Å². The summed E-state index contributed by atoms with van der Waals surface area (Å²) in [4.78, 5) is 5.48. The topological polar surface area (TPSA) is 34.2 Å². The molecular weight excluding hydrogens is 232 g/mol. The molecule has 3 nitrogen and oxygen atoms in total. The van der Waals surface area contributed by atoms with E-state index < -0.39 is 0 Å². The molecule has 2 unspecified atom stereocenters. The lowest BCUT2D eigenvalue weighted by atomic mass is 9.81. The van der Waals surface area contributed by atoms with Crippen LogP contribution in [-0.2, 0) is 4.74 Å². The van der Waals surface area contributed by atoms with Crippen LogP contribution in [0.5, 0.6) is 0 Å². The van der Waals surface area contributed by atoms with Gasteiger partial charge in [-0.3, -0.25) is 4.98 Å². The smallest absolute Gasteiger partial charge is 0.0794 e. The van der Waals surface area contributed by atoms with Gasteiger partial charge in [-0.2, -0.15) is 0 Å². The zero-order valence-corrected chi connectivity index (χ0v) is 12.1. The molecule has 0 radical (unpaired) electrons. The van der Waals surface area contributed by atoms with Crippen molar-refractivity contribution in [2.24, 2.45) is 5.92 Å². The summed E-state index contributed by atoms with van der Waals surface area (Å²) in [6.45, 7) is 8.73. The van der Waals surface area contributed by atoms with E-state index in [-0.39, 0.29) is 11.2 Å². The standard InChI is InChI=1S/C13H22N2OS/c1-12(2)6-9(13(3,4)16-12)11(14-5)10-7-15-8-17-10/h7-9,11,14H,6H2,1-5H3. The van der Waals surface area contributed by atoms with E-state index in [9.17, 15) is 0 Å². The van der Waals surface area contributed by atoms with E-state index in [1.807, 2.05) is 18.8 Å². The molecule has 1 aromatic rings. The summed E-state index contributed by atoms with van der Waals surface area (Å²) in [5.41, 5.74) is 1.77. The molecule has 0 amide bonds. The van der Waals surface area contributed by atoms with Crippen LogP contribution in [0, 0.1) is 5.92 Å². The minimum absolute atomic E-state index is 0.0338. The lowest BCUT2D eigenvalue weighted by Gasteiger charge is -2.32. The average molecular weight is 254 g/mol. The maximum Gasteiger partial charge on any atom is 0.0794 e. The van der Waals surface area contributed by atoms with Crippen molar-refractivity contribution in [2.45, 2.75) is 51.4 Å². The van der Waals surface area contributed by atoms with Crippen LogP contribution in [0.15, 0.2) is 11.7 Å². The van der Waals surface area contributed by atoms with E-state index in [4.69, 9.17) is 4.74 Å². The molecule has 2 atom stereocenters. The van der Waals surface area contributed by atoms with Crippen LogP contribution in [0.1, 0.15) is 45.0 Å². The molecule has 1 fully saturated rings. The molecule has 1 N–H and O–H groups in total. The molecule has 0 aliphatic carbocycles. The van der Waals surface area contributed by atoms with E-state index in [0.717, 1.165) is 6.42 Å². The first-order chi connectivity index (χ1) is 7.86.